The number of anilines is 1. The molecule has 0 spiro atoms. The Bertz CT molecular complexity index is 538. The number of hydrogen-bond acceptors (Lipinski definition) is 6. The molecule has 1 aromatic rings. The fourth-order valence-corrected chi connectivity index (χ4v) is 2.44. The Hall–Kier alpha value is -1.51. The number of methoxy groups -OCH3 is 2. The summed E-state index contributed by atoms with van der Waals surface area (Å²) in [5.41, 5.74) is 0.636. The smallest absolute Gasteiger partial charge is 0.265 e. The van der Waals surface area contributed by atoms with E-state index < -0.39 is 22.1 Å². The molecule has 0 heterocycles. The monoisotopic (exact) mass is 319 g/mol. The molecule has 7 nitrogen and oxygen atoms in total. The fourth-order valence-electron chi connectivity index (χ4n) is 1.93. The van der Waals surface area contributed by atoms with Crippen molar-refractivity contribution in [2.45, 2.75) is 19.6 Å². The van der Waals surface area contributed by atoms with Gasteiger partial charge in [0, 0.05) is 36.9 Å². The second kappa shape index (κ2) is 7.48. The minimum absolute atomic E-state index is 0.105. The Morgan fingerprint density at radius 2 is 1.71 bits per heavy atom. The van der Waals surface area contributed by atoms with Crippen LogP contribution in [0.4, 0.5) is 5.69 Å². The molecule has 0 saturated carbocycles. The standard InChI is InChI=1S/C13H21NO6S/c1-4-14(13(15)5-6-21(16,17)18)10-7-11(19-2)9-12(8-10)20-3/h7-9,13,15H,4-6H2,1-3H3,(H,16,17,18). The fraction of sp³-hybridized carbons (Fsp3) is 0.538. The van der Waals surface area contributed by atoms with Crippen LogP contribution >= 0.6 is 0 Å². The molecular formula is C13H21NO6S. The molecule has 0 aliphatic carbocycles. The summed E-state index contributed by atoms with van der Waals surface area (Å²) in [5, 5.41) is 10.1. The van der Waals surface area contributed by atoms with E-state index in [1.54, 1.807) is 23.1 Å². The maximum absolute atomic E-state index is 10.8. The Morgan fingerprint density at radius 3 is 2.10 bits per heavy atom. The van der Waals surface area contributed by atoms with Crippen LogP contribution in [0.25, 0.3) is 0 Å². The highest BCUT2D eigenvalue weighted by Gasteiger charge is 2.19. The van der Waals surface area contributed by atoms with E-state index in [2.05, 4.69) is 0 Å². The topological polar surface area (TPSA) is 96.3 Å². The van der Waals surface area contributed by atoms with Crippen LogP contribution in [0, 0.1) is 0 Å². The highest BCUT2D eigenvalue weighted by molar-refractivity contribution is 7.85. The van der Waals surface area contributed by atoms with Crippen molar-refractivity contribution in [2.24, 2.45) is 0 Å². The van der Waals surface area contributed by atoms with Gasteiger partial charge in [0.15, 0.2) is 0 Å². The van der Waals surface area contributed by atoms with Gasteiger partial charge in [-0.3, -0.25) is 4.55 Å². The van der Waals surface area contributed by atoms with E-state index in [9.17, 15) is 13.5 Å². The lowest BCUT2D eigenvalue weighted by atomic mass is 10.2. The summed E-state index contributed by atoms with van der Waals surface area (Å²) in [7, 11) is -1.07. The Kier molecular flexibility index (Phi) is 6.25. The van der Waals surface area contributed by atoms with Gasteiger partial charge in [0.1, 0.15) is 17.7 Å². The molecule has 2 N–H and O–H groups in total. The van der Waals surface area contributed by atoms with Crippen molar-refractivity contribution >= 4 is 15.8 Å². The van der Waals surface area contributed by atoms with E-state index in [4.69, 9.17) is 14.0 Å². The van der Waals surface area contributed by atoms with Crippen LogP contribution in [0.5, 0.6) is 11.5 Å². The van der Waals surface area contributed by atoms with Crippen LogP contribution in [0.2, 0.25) is 0 Å². The van der Waals surface area contributed by atoms with Gasteiger partial charge < -0.3 is 19.5 Å². The first-order valence-corrected chi connectivity index (χ1v) is 8.04. The summed E-state index contributed by atoms with van der Waals surface area (Å²) in [5.74, 6) is 0.612. The Labute approximate surface area is 124 Å². The van der Waals surface area contributed by atoms with E-state index in [1.165, 1.54) is 14.2 Å². The third-order valence-electron chi connectivity index (χ3n) is 3.00. The van der Waals surface area contributed by atoms with Crippen molar-refractivity contribution < 1.29 is 27.6 Å². The van der Waals surface area contributed by atoms with Crippen molar-refractivity contribution in [3.8, 4) is 11.5 Å². The Balaban J connectivity index is 2.97. The summed E-state index contributed by atoms with van der Waals surface area (Å²) in [6.07, 6.45) is -1.15. The average Bonchev–Trinajstić information content (AvgIpc) is 2.44. The lowest BCUT2D eigenvalue weighted by Crippen LogP contribution is -2.36. The van der Waals surface area contributed by atoms with Gasteiger partial charge in [-0.25, -0.2) is 0 Å². The lowest BCUT2D eigenvalue weighted by Gasteiger charge is -2.29. The normalized spacial score (nSPS) is 12.8. The summed E-state index contributed by atoms with van der Waals surface area (Å²) >= 11 is 0. The minimum atomic E-state index is -4.10. The molecule has 120 valence electrons. The Morgan fingerprint density at radius 1 is 1.19 bits per heavy atom. The number of aliphatic hydroxyl groups is 1. The summed E-state index contributed by atoms with van der Waals surface area (Å²) < 4.78 is 40.6. The van der Waals surface area contributed by atoms with Gasteiger partial charge in [-0.2, -0.15) is 8.42 Å². The summed E-state index contributed by atoms with van der Waals surface area (Å²) in [6, 6.07) is 5.12. The van der Waals surface area contributed by atoms with E-state index in [0.717, 1.165) is 0 Å². The predicted molar refractivity (Wildman–Crippen MR) is 79.6 cm³/mol. The van der Waals surface area contributed by atoms with Crippen LogP contribution < -0.4 is 14.4 Å². The maximum atomic E-state index is 10.8. The number of aliphatic hydroxyl groups excluding tert-OH is 1. The number of rotatable bonds is 8. The molecule has 0 bridgehead atoms. The van der Waals surface area contributed by atoms with Gasteiger partial charge in [0.05, 0.1) is 20.0 Å². The zero-order valence-corrected chi connectivity index (χ0v) is 13.1. The van der Waals surface area contributed by atoms with Crippen LogP contribution in [0.1, 0.15) is 13.3 Å². The molecule has 0 aliphatic heterocycles. The molecule has 1 aromatic carbocycles. The van der Waals surface area contributed by atoms with Gasteiger partial charge in [-0.15, -0.1) is 0 Å². The molecule has 21 heavy (non-hydrogen) atoms. The van der Waals surface area contributed by atoms with Crippen molar-refractivity contribution in [3.63, 3.8) is 0 Å². The number of hydrogen-bond donors (Lipinski definition) is 2. The van der Waals surface area contributed by atoms with E-state index in [1.807, 2.05) is 6.92 Å². The molecule has 1 unspecified atom stereocenters. The van der Waals surface area contributed by atoms with E-state index >= 15 is 0 Å². The highest BCUT2D eigenvalue weighted by Crippen LogP contribution is 2.29. The zero-order valence-electron chi connectivity index (χ0n) is 12.3. The third-order valence-corrected chi connectivity index (χ3v) is 3.75. The van der Waals surface area contributed by atoms with E-state index in [-0.39, 0.29) is 6.42 Å². The van der Waals surface area contributed by atoms with Crippen LogP contribution in [-0.2, 0) is 10.1 Å². The van der Waals surface area contributed by atoms with Crippen molar-refractivity contribution in [2.75, 3.05) is 31.4 Å². The lowest BCUT2D eigenvalue weighted by molar-refractivity contribution is 0.165. The largest absolute Gasteiger partial charge is 0.497 e. The maximum Gasteiger partial charge on any atom is 0.265 e. The van der Waals surface area contributed by atoms with Gasteiger partial charge in [-0.05, 0) is 6.92 Å². The second-order valence-electron chi connectivity index (χ2n) is 4.41. The number of ether oxygens (including phenoxy) is 2. The zero-order chi connectivity index (χ0) is 16.0. The van der Waals surface area contributed by atoms with E-state index in [0.29, 0.717) is 23.7 Å². The molecule has 0 radical (unpaired) electrons. The summed E-state index contributed by atoms with van der Waals surface area (Å²) in [4.78, 5) is 1.59. The third kappa shape index (κ3) is 5.41. The first kappa shape index (κ1) is 17.5. The first-order chi connectivity index (χ1) is 9.80. The SMILES string of the molecule is CCN(c1cc(OC)cc(OC)c1)C(O)CCS(=O)(=O)O. The molecule has 1 atom stereocenters. The van der Waals surface area contributed by atoms with Crippen LogP contribution in [0.3, 0.4) is 0 Å². The minimum Gasteiger partial charge on any atom is -0.497 e. The van der Waals surface area contributed by atoms with Gasteiger partial charge in [-0.1, -0.05) is 0 Å². The average molecular weight is 319 g/mol. The molecule has 0 aromatic heterocycles. The van der Waals surface area contributed by atoms with Crippen molar-refractivity contribution in [1.29, 1.82) is 0 Å². The van der Waals surface area contributed by atoms with Crippen LogP contribution in [0.15, 0.2) is 18.2 Å². The van der Waals surface area contributed by atoms with Gasteiger partial charge in [0.25, 0.3) is 10.1 Å². The highest BCUT2D eigenvalue weighted by atomic mass is 32.2. The van der Waals surface area contributed by atoms with Gasteiger partial charge in [0.2, 0.25) is 0 Å². The molecule has 0 saturated heterocycles. The number of benzene rings is 1. The first-order valence-electron chi connectivity index (χ1n) is 6.43. The van der Waals surface area contributed by atoms with Gasteiger partial charge >= 0.3 is 0 Å². The molecule has 0 aliphatic rings. The number of nitrogens with zero attached hydrogens (tertiary/aromatic N) is 1. The van der Waals surface area contributed by atoms with Crippen molar-refractivity contribution in [1.82, 2.24) is 0 Å². The van der Waals surface area contributed by atoms with Crippen LogP contribution in [-0.4, -0.2) is 50.8 Å². The molecule has 1 rings (SSSR count). The second-order valence-corrected chi connectivity index (χ2v) is 5.98. The molecule has 0 fully saturated rings. The quantitative estimate of drug-likeness (QED) is 0.547. The molecular weight excluding hydrogens is 298 g/mol. The molecule has 0 amide bonds. The molecule has 8 heteroatoms. The predicted octanol–water partition coefficient (Wildman–Crippen LogP) is 1.13. The van der Waals surface area contributed by atoms with Crippen molar-refractivity contribution in [3.05, 3.63) is 18.2 Å². The summed E-state index contributed by atoms with van der Waals surface area (Å²) in [6.45, 7) is 2.27.